The Kier molecular flexibility index (Phi) is 2.16. The van der Waals surface area contributed by atoms with Crippen LogP contribution in [0, 0.1) is 0 Å². The van der Waals surface area contributed by atoms with Gasteiger partial charge in [-0.15, -0.1) is 0 Å². The summed E-state index contributed by atoms with van der Waals surface area (Å²) in [5.41, 5.74) is 7.11. The second kappa shape index (κ2) is 2.76. The molecule has 1 atom stereocenters. The van der Waals surface area contributed by atoms with Crippen molar-refractivity contribution < 1.29 is 0 Å². The predicted octanol–water partition coefficient (Wildman–Crippen LogP) is 1.73. The van der Waals surface area contributed by atoms with E-state index in [1.54, 1.807) is 11.8 Å². The van der Waals surface area contributed by atoms with Gasteiger partial charge in [0.25, 0.3) is 0 Å². The van der Waals surface area contributed by atoms with Gasteiger partial charge in [-0.1, -0.05) is 18.7 Å². The minimum Gasteiger partial charge on any atom is -0.304 e. The lowest BCUT2D eigenvalue weighted by Crippen LogP contribution is -2.32. The fraction of sp³-hybridized carbons (Fsp3) is 0.571. The van der Waals surface area contributed by atoms with Gasteiger partial charge in [-0.25, -0.2) is 0 Å². The average Bonchev–Trinajstić information content (AvgIpc) is 1.86. The highest BCUT2D eigenvalue weighted by atomic mass is 32.2. The van der Waals surface area contributed by atoms with Crippen LogP contribution in [0.1, 0.15) is 20.3 Å². The molecule has 0 amide bonds. The van der Waals surface area contributed by atoms with Crippen LogP contribution in [0.3, 0.4) is 0 Å². The van der Waals surface area contributed by atoms with Crippen LogP contribution in [0.5, 0.6) is 0 Å². The fourth-order valence-corrected chi connectivity index (χ4v) is 1.68. The maximum atomic E-state index is 5.76. The van der Waals surface area contributed by atoms with E-state index in [0.717, 1.165) is 6.42 Å². The molecule has 1 unspecified atom stereocenters. The second-order valence-electron chi connectivity index (χ2n) is 2.54. The lowest BCUT2D eigenvalue weighted by molar-refractivity contribution is 0.620. The molecule has 0 saturated heterocycles. The maximum Gasteiger partial charge on any atom is 0.125 e. The van der Waals surface area contributed by atoms with E-state index in [9.17, 15) is 0 Å². The molecule has 56 valence electrons. The zero-order valence-electron chi connectivity index (χ0n) is 6.29. The minimum atomic E-state index is -0.462. The third-order valence-corrected chi connectivity index (χ3v) is 2.26. The molecule has 1 aliphatic heterocycles. The van der Waals surface area contributed by atoms with Crippen LogP contribution in [0.15, 0.2) is 16.0 Å². The number of nitrogens with two attached hydrogens (primary N) is 1. The molecular formula is C7H12N2S. The summed E-state index contributed by atoms with van der Waals surface area (Å²) in [4.78, 5) is 5.40. The summed E-state index contributed by atoms with van der Waals surface area (Å²) in [6.07, 6.45) is 3.06. The van der Waals surface area contributed by atoms with Crippen molar-refractivity contribution in [1.82, 2.24) is 0 Å². The minimum absolute atomic E-state index is 0.462. The summed E-state index contributed by atoms with van der Waals surface area (Å²) in [6.45, 7) is 4.02. The molecule has 2 N–H and O–H groups in total. The fourth-order valence-electron chi connectivity index (χ4n) is 0.790. The quantitative estimate of drug-likeness (QED) is 0.628. The first-order valence-electron chi connectivity index (χ1n) is 3.35. The van der Waals surface area contributed by atoms with E-state index in [2.05, 4.69) is 11.9 Å². The summed E-state index contributed by atoms with van der Waals surface area (Å²) in [6, 6.07) is 0. The highest BCUT2D eigenvalue weighted by Gasteiger charge is 2.16. The lowest BCUT2D eigenvalue weighted by Gasteiger charge is -2.19. The molecule has 1 heterocycles. The Hall–Kier alpha value is -0.280. The van der Waals surface area contributed by atoms with Crippen molar-refractivity contribution in [1.29, 1.82) is 0 Å². The first-order valence-corrected chi connectivity index (χ1v) is 4.23. The van der Waals surface area contributed by atoms with Crippen molar-refractivity contribution in [3.05, 3.63) is 11.0 Å². The smallest absolute Gasteiger partial charge is 0.125 e. The zero-order chi connectivity index (χ0) is 7.61. The topological polar surface area (TPSA) is 38.4 Å². The van der Waals surface area contributed by atoms with Gasteiger partial charge in [0.2, 0.25) is 0 Å². The first kappa shape index (κ1) is 7.82. The van der Waals surface area contributed by atoms with Gasteiger partial charge in [-0.2, -0.15) is 0 Å². The van der Waals surface area contributed by atoms with Crippen LogP contribution in [-0.4, -0.2) is 11.2 Å². The molecule has 0 bridgehead atoms. The van der Waals surface area contributed by atoms with Gasteiger partial charge in [0.05, 0.1) is 5.55 Å². The van der Waals surface area contributed by atoms with Crippen LogP contribution in [0.25, 0.3) is 0 Å². The van der Waals surface area contributed by atoms with E-state index in [0.29, 0.717) is 0 Å². The molecule has 0 saturated carbocycles. The van der Waals surface area contributed by atoms with Crippen molar-refractivity contribution in [2.75, 3.05) is 0 Å². The molecule has 0 radical (unpaired) electrons. The van der Waals surface area contributed by atoms with Gasteiger partial charge in [0.15, 0.2) is 0 Å². The SMILES string of the molecule is CCC1=CC(C)(N)N=CS1. The van der Waals surface area contributed by atoms with Gasteiger partial charge in [0.1, 0.15) is 5.66 Å². The van der Waals surface area contributed by atoms with Gasteiger partial charge >= 0.3 is 0 Å². The molecule has 10 heavy (non-hydrogen) atoms. The maximum absolute atomic E-state index is 5.76. The Morgan fingerprint density at radius 2 is 2.50 bits per heavy atom. The van der Waals surface area contributed by atoms with Crippen molar-refractivity contribution >= 4 is 17.3 Å². The van der Waals surface area contributed by atoms with E-state index < -0.39 is 5.66 Å². The van der Waals surface area contributed by atoms with Crippen LogP contribution in [-0.2, 0) is 0 Å². The van der Waals surface area contributed by atoms with Crippen molar-refractivity contribution in [3.8, 4) is 0 Å². The van der Waals surface area contributed by atoms with Crippen LogP contribution < -0.4 is 5.73 Å². The molecule has 0 fully saturated rings. The molecule has 0 aliphatic carbocycles. The molecule has 2 nitrogen and oxygen atoms in total. The van der Waals surface area contributed by atoms with E-state index >= 15 is 0 Å². The summed E-state index contributed by atoms with van der Waals surface area (Å²) in [7, 11) is 0. The monoisotopic (exact) mass is 156 g/mol. The Bertz CT molecular complexity index is 182. The van der Waals surface area contributed by atoms with Crippen LogP contribution in [0.4, 0.5) is 0 Å². The summed E-state index contributed by atoms with van der Waals surface area (Å²) < 4.78 is 0. The summed E-state index contributed by atoms with van der Waals surface area (Å²) in [5.74, 6) is 0. The van der Waals surface area contributed by atoms with E-state index in [1.165, 1.54) is 4.91 Å². The number of thioether (sulfide) groups is 1. The molecule has 3 heteroatoms. The third kappa shape index (κ3) is 1.85. The largest absolute Gasteiger partial charge is 0.304 e. The Balaban J connectivity index is 2.73. The summed E-state index contributed by atoms with van der Waals surface area (Å²) >= 11 is 1.65. The van der Waals surface area contributed by atoms with Crippen LogP contribution >= 0.6 is 11.8 Å². The molecular weight excluding hydrogens is 144 g/mol. The highest BCUT2D eigenvalue weighted by Crippen LogP contribution is 2.24. The second-order valence-corrected chi connectivity index (χ2v) is 3.51. The number of allylic oxidation sites excluding steroid dienone is 1. The number of rotatable bonds is 1. The number of hydrogen-bond donors (Lipinski definition) is 1. The lowest BCUT2D eigenvalue weighted by atomic mass is 10.2. The highest BCUT2D eigenvalue weighted by molar-refractivity contribution is 8.15. The zero-order valence-corrected chi connectivity index (χ0v) is 7.11. The number of hydrogen-bond acceptors (Lipinski definition) is 3. The molecule has 0 aromatic heterocycles. The van der Waals surface area contributed by atoms with E-state index in [-0.39, 0.29) is 0 Å². The van der Waals surface area contributed by atoms with Crippen molar-refractivity contribution in [3.63, 3.8) is 0 Å². The normalized spacial score (nSPS) is 32.1. The van der Waals surface area contributed by atoms with E-state index in [4.69, 9.17) is 5.73 Å². The average molecular weight is 156 g/mol. The number of nitrogens with zero attached hydrogens (tertiary/aromatic N) is 1. The predicted molar refractivity (Wildman–Crippen MR) is 47.0 cm³/mol. The molecule has 0 aromatic rings. The van der Waals surface area contributed by atoms with Gasteiger partial charge in [0, 0.05) is 0 Å². The van der Waals surface area contributed by atoms with Crippen LogP contribution in [0.2, 0.25) is 0 Å². The Morgan fingerprint density at radius 3 is 2.90 bits per heavy atom. The Morgan fingerprint density at radius 1 is 1.80 bits per heavy atom. The molecule has 0 aromatic carbocycles. The standard InChI is InChI=1S/C7H12N2S/c1-3-6-4-7(2,8)9-5-10-6/h4-5H,3,8H2,1-2H3. The Labute approximate surface area is 65.6 Å². The van der Waals surface area contributed by atoms with Crippen molar-refractivity contribution in [2.45, 2.75) is 25.9 Å². The first-order chi connectivity index (χ1) is 4.64. The van der Waals surface area contributed by atoms with Gasteiger partial charge in [-0.3, -0.25) is 4.99 Å². The summed E-state index contributed by atoms with van der Waals surface area (Å²) in [5, 5.41) is 0. The number of aliphatic imine (C=N–C) groups is 1. The third-order valence-electron chi connectivity index (χ3n) is 1.34. The molecule has 0 spiro atoms. The molecule has 1 rings (SSSR count). The van der Waals surface area contributed by atoms with E-state index in [1.807, 2.05) is 18.5 Å². The van der Waals surface area contributed by atoms with Crippen molar-refractivity contribution in [2.24, 2.45) is 10.7 Å². The molecule has 1 aliphatic rings. The van der Waals surface area contributed by atoms with Gasteiger partial charge < -0.3 is 5.73 Å². The van der Waals surface area contributed by atoms with Gasteiger partial charge in [-0.05, 0) is 24.3 Å².